The third-order valence-electron chi connectivity index (χ3n) is 4.22. The number of halogens is 3. The highest BCUT2D eigenvalue weighted by molar-refractivity contribution is 8.00. The van der Waals surface area contributed by atoms with Crippen LogP contribution in [0.25, 0.3) is 6.08 Å². The summed E-state index contributed by atoms with van der Waals surface area (Å²) in [5, 5.41) is 2.68. The molecule has 2 amide bonds. The van der Waals surface area contributed by atoms with Crippen molar-refractivity contribution in [3.63, 3.8) is 0 Å². The number of anilines is 1. The monoisotopic (exact) mass is 436 g/mol. The predicted molar refractivity (Wildman–Crippen MR) is 109 cm³/mol. The van der Waals surface area contributed by atoms with E-state index in [0.717, 1.165) is 0 Å². The molecule has 2 aromatic rings. The first-order valence-electron chi connectivity index (χ1n) is 9.12. The van der Waals surface area contributed by atoms with Gasteiger partial charge in [-0.05, 0) is 53.7 Å². The molecular formula is C21H19F3N2O3S. The molecule has 0 spiro atoms. The molecule has 5 nitrogen and oxygen atoms in total. The van der Waals surface area contributed by atoms with Crippen LogP contribution in [0.1, 0.15) is 15.9 Å². The maximum Gasteiger partial charge on any atom is 0.446 e. The summed E-state index contributed by atoms with van der Waals surface area (Å²) in [6.45, 7) is 2.06. The van der Waals surface area contributed by atoms with Crippen LogP contribution in [0.15, 0.2) is 59.5 Å². The van der Waals surface area contributed by atoms with Crippen LogP contribution in [0, 0.1) is 0 Å². The number of alkyl halides is 3. The molecule has 0 unspecified atom stereocenters. The van der Waals surface area contributed by atoms with Crippen LogP contribution in [0.4, 0.5) is 18.9 Å². The highest BCUT2D eigenvalue weighted by Gasteiger charge is 2.28. The first-order valence-corrected chi connectivity index (χ1v) is 9.94. The average Bonchev–Trinajstić information content (AvgIpc) is 2.72. The molecule has 1 heterocycles. The number of rotatable bonds is 5. The first kappa shape index (κ1) is 21.9. The van der Waals surface area contributed by atoms with Crippen molar-refractivity contribution in [2.24, 2.45) is 0 Å². The molecule has 158 valence electrons. The number of nitrogens with one attached hydrogen (secondary N) is 1. The molecule has 30 heavy (non-hydrogen) atoms. The zero-order chi connectivity index (χ0) is 21.6. The van der Waals surface area contributed by atoms with Crippen molar-refractivity contribution in [2.45, 2.75) is 10.4 Å². The number of thioether (sulfide) groups is 1. The minimum Gasteiger partial charge on any atom is -0.378 e. The second-order valence-electron chi connectivity index (χ2n) is 6.42. The molecule has 1 N–H and O–H groups in total. The number of hydrogen-bond acceptors (Lipinski definition) is 4. The van der Waals surface area contributed by atoms with Crippen LogP contribution in [0.3, 0.4) is 0 Å². The summed E-state index contributed by atoms with van der Waals surface area (Å²) in [5.41, 5.74) is -2.81. The van der Waals surface area contributed by atoms with Crippen LogP contribution in [-0.4, -0.2) is 48.5 Å². The Balaban J connectivity index is 1.58. The second kappa shape index (κ2) is 9.82. The summed E-state index contributed by atoms with van der Waals surface area (Å²) < 4.78 is 42.3. The number of amides is 2. The highest BCUT2D eigenvalue weighted by Crippen LogP contribution is 2.36. The van der Waals surface area contributed by atoms with Gasteiger partial charge in [0.2, 0.25) is 5.91 Å². The SMILES string of the molecule is O=C(/C=C/c1ccc(SC(F)(F)F)cc1)Nc1cccc(C(=O)N2CCOCC2)c1. The third kappa shape index (κ3) is 6.64. The van der Waals surface area contributed by atoms with E-state index in [9.17, 15) is 22.8 Å². The van der Waals surface area contributed by atoms with E-state index >= 15 is 0 Å². The Kier molecular flexibility index (Phi) is 7.17. The summed E-state index contributed by atoms with van der Waals surface area (Å²) in [6, 6.07) is 12.3. The first-order chi connectivity index (χ1) is 14.3. The summed E-state index contributed by atoms with van der Waals surface area (Å²) in [7, 11) is 0. The lowest BCUT2D eigenvalue weighted by atomic mass is 10.1. The van der Waals surface area contributed by atoms with Crippen molar-refractivity contribution in [3.8, 4) is 0 Å². The molecule has 0 atom stereocenters. The van der Waals surface area contributed by atoms with Gasteiger partial charge in [-0.15, -0.1) is 0 Å². The standard InChI is InChI=1S/C21H19F3N2O3S/c22-21(23,24)30-18-7-4-15(5-8-18)6-9-19(27)25-17-3-1-2-16(14-17)20(28)26-10-12-29-13-11-26/h1-9,14H,10-13H2,(H,25,27)/b9-6+. The van der Waals surface area contributed by atoms with E-state index in [1.807, 2.05) is 0 Å². The third-order valence-corrected chi connectivity index (χ3v) is 4.96. The molecule has 1 aliphatic rings. The Hall–Kier alpha value is -2.78. The van der Waals surface area contributed by atoms with Gasteiger partial charge in [-0.2, -0.15) is 13.2 Å². The van der Waals surface area contributed by atoms with Crippen LogP contribution >= 0.6 is 11.8 Å². The van der Waals surface area contributed by atoms with E-state index in [-0.39, 0.29) is 22.6 Å². The maximum atomic E-state index is 12.5. The van der Waals surface area contributed by atoms with Gasteiger partial charge in [0.1, 0.15) is 0 Å². The lowest BCUT2D eigenvalue weighted by Crippen LogP contribution is -2.40. The van der Waals surface area contributed by atoms with Crippen molar-refractivity contribution in [3.05, 3.63) is 65.7 Å². The topological polar surface area (TPSA) is 58.6 Å². The normalized spacial score (nSPS) is 14.7. The molecule has 9 heteroatoms. The Morgan fingerprint density at radius 3 is 2.43 bits per heavy atom. The molecule has 3 rings (SSSR count). The summed E-state index contributed by atoms with van der Waals surface area (Å²) in [4.78, 5) is 26.5. The molecule has 0 bridgehead atoms. The van der Waals surface area contributed by atoms with Crippen molar-refractivity contribution in [2.75, 3.05) is 31.6 Å². The van der Waals surface area contributed by atoms with E-state index in [1.165, 1.54) is 36.4 Å². The van der Waals surface area contributed by atoms with E-state index in [0.29, 0.717) is 43.1 Å². The van der Waals surface area contributed by atoms with E-state index in [1.54, 1.807) is 29.2 Å². The lowest BCUT2D eigenvalue weighted by Gasteiger charge is -2.27. The molecule has 1 aliphatic heterocycles. The Morgan fingerprint density at radius 2 is 1.77 bits per heavy atom. The minimum absolute atomic E-state index is 0.0749. The van der Waals surface area contributed by atoms with Crippen LogP contribution in [0.5, 0.6) is 0 Å². The van der Waals surface area contributed by atoms with E-state index in [2.05, 4.69) is 5.32 Å². The number of hydrogen-bond donors (Lipinski definition) is 1. The van der Waals surface area contributed by atoms with E-state index < -0.39 is 11.4 Å². The largest absolute Gasteiger partial charge is 0.446 e. The fourth-order valence-corrected chi connectivity index (χ4v) is 3.35. The summed E-state index contributed by atoms with van der Waals surface area (Å²) in [5.74, 6) is -0.540. The summed E-state index contributed by atoms with van der Waals surface area (Å²) >= 11 is -0.192. The maximum absolute atomic E-state index is 12.5. The van der Waals surface area contributed by atoms with Crippen molar-refractivity contribution in [1.29, 1.82) is 0 Å². The molecule has 0 radical (unpaired) electrons. The summed E-state index contributed by atoms with van der Waals surface area (Å²) in [6.07, 6.45) is 2.78. The quantitative estimate of drug-likeness (QED) is 0.557. The van der Waals surface area contributed by atoms with Crippen molar-refractivity contribution >= 4 is 35.3 Å². The van der Waals surface area contributed by atoms with Gasteiger partial charge in [0.05, 0.1) is 13.2 Å². The van der Waals surface area contributed by atoms with Crippen LogP contribution < -0.4 is 5.32 Å². The van der Waals surface area contributed by atoms with Crippen LogP contribution in [-0.2, 0) is 9.53 Å². The smallest absolute Gasteiger partial charge is 0.378 e. The highest BCUT2D eigenvalue weighted by atomic mass is 32.2. The Morgan fingerprint density at radius 1 is 1.07 bits per heavy atom. The molecule has 0 saturated carbocycles. The fraction of sp³-hybridized carbons (Fsp3) is 0.238. The Bertz CT molecular complexity index is 924. The van der Waals surface area contributed by atoms with E-state index in [4.69, 9.17) is 4.74 Å². The zero-order valence-electron chi connectivity index (χ0n) is 15.8. The zero-order valence-corrected chi connectivity index (χ0v) is 16.6. The second-order valence-corrected chi connectivity index (χ2v) is 7.56. The molecule has 2 aromatic carbocycles. The average molecular weight is 436 g/mol. The van der Waals surface area contributed by atoms with Gasteiger partial charge < -0.3 is 15.0 Å². The van der Waals surface area contributed by atoms with Crippen molar-refractivity contribution < 1.29 is 27.5 Å². The fourth-order valence-electron chi connectivity index (χ4n) is 2.82. The van der Waals surface area contributed by atoms with Crippen LogP contribution in [0.2, 0.25) is 0 Å². The van der Waals surface area contributed by atoms with Gasteiger partial charge in [0.15, 0.2) is 0 Å². The van der Waals surface area contributed by atoms with Crippen molar-refractivity contribution in [1.82, 2.24) is 4.90 Å². The van der Waals surface area contributed by atoms with Gasteiger partial charge in [-0.1, -0.05) is 18.2 Å². The lowest BCUT2D eigenvalue weighted by molar-refractivity contribution is -0.111. The number of morpholine rings is 1. The molecular weight excluding hydrogens is 417 g/mol. The number of carbonyl (C=O) groups excluding carboxylic acids is 2. The van der Waals surface area contributed by atoms with Gasteiger partial charge >= 0.3 is 5.51 Å². The van der Waals surface area contributed by atoms with Gasteiger partial charge in [0, 0.05) is 35.3 Å². The Labute approximate surface area is 175 Å². The van der Waals surface area contributed by atoms with Gasteiger partial charge in [-0.25, -0.2) is 0 Å². The van der Waals surface area contributed by atoms with Gasteiger partial charge in [-0.3, -0.25) is 9.59 Å². The number of carbonyl (C=O) groups is 2. The predicted octanol–water partition coefficient (Wildman–Crippen LogP) is 4.42. The molecule has 1 fully saturated rings. The number of ether oxygens (including phenoxy) is 1. The van der Waals surface area contributed by atoms with Gasteiger partial charge in [0.25, 0.3) is 5.91 Å². The molecule has 1 saturated heterocycles. The number of nitrogens with zero attached hydrogens (tertiary/aromatic N) is 1. The molecule has 0 aromatic heterocycles. The number of benzene rings is 2. The minimum atomic E-state index is -4.34. The molecule has 0 aliphatic carbocycles.